The first-order chi connectivity index (χ1) is 13.3. The van der Waals surface area contributed by atoms with Crippen LogP contribution in [0.5, 0.6) is 0 Å². The average Bonchev–Trinajstić information content (AvgIpc) is 2.67. The van der Waals surface area contributed by atoms with Crippen molar-refractivity contribution in [3.05, 3.63) is 0 Å². The molecule has 0 spiro atoms. The number of amides is 1. The van der Waals surface area contributed by atoms with Crippen LogP contribution >= 0.6 is 0 Å². The summed E-state index contributed by atoms with van der Waals surface area (Å²) in [6.45, 7) is 10.0. The van der Waals surface area contributed by atoms with E-state index in [0.717, 1.165) is 45.4 Å². The minimum absolute atomic E-state index is 0.0106. The number of ether oxygens (including phenoxy) is 2. The van der Waals surface area contributed by atoms with Gasteiger partial charge in [-0.15, -0.1) is 0 Å². The van der Waals surface area contributed by atoms with Crippen LogP contribution < -0.4 is 10.6 Å². The first kappa shape index (κ1) is 22.9. The van der Waals surface area contributed by atoms with Crippen LogP contribution in [0, 0.1) is 11.3 Å². The lowest BCUT2D eigenvalue weighted by Gasteiger charge is -2.40. The molecule has 7 nitrogen and oxygen atoms in total. The molecule has 2 heterocycles. The van der Waals surface area contributed by atoms with Gasteiger partial charge in [-0.3, -0.25) is 4.79 Å². The molecule has 0 aromatic rings. The van der Waals surface area contributed by atoms with Crippen molar-refractivity contribution in [1.29, 1.82) is 0 Å². The van der Waals surface area contributed by atoms with Gasteiger partial charge in [-0.2, -0.15) is 0 Å². The van der Waals surface area contributed by atoms with Gasteiger partial charge in [0.05, 0.1) is 12.2 Å². The van der Waals surface area contributed by atoms with E-state index in [1.54, 1.807) is 19.0 Å². The highest BCUT2D eigenvalue weighted by atomic mass is 16.5. The van der Waals surface area contributed by atoms with E-state index in [4.69, 9.17) is 9.47 Å². The Morgan fingerprint density at radius 2 is 1.75 bits per heavy atom. The maximum absolute atomic E-state index is 12.0. The Bertz CT molecular complexity index is 510. The molecule has 2 fully saturated rings. The highest BCUT2D eigenvalue weighted by molar-refractivity contribution is 5.84. The fraction of sp³-hybridized carbons (Fsp3) is 0.905. The Morgan fingerprint density at radius 3 is 2.39 bits per heavy atom. The van der Waals surface area contributed by atoms with Crippen molar-refractivity contribution in [2.24, 2.45) is 16.3 Å². The summed E-state index contributed by atoms with van der Waals surface area (Å²) < 4.78 is 11.9. The van der Waals surface area contributed by atoms with Crippen LogP contribution in [-0.4, -0.2) is 75.9 Å². The number of carbonyl (C=O) groups excluding carboxylic acids is 1. The van der Waals surface area contributed by atoms with Gasteiger partial charge in [0.1, 0.15) is 6.54 Å². The van der Waals surface area contributed by atoms with E-state index in [1.165, 1.54) is 6.42 Å². The first-order valence-electron chi connectivity index (χ1n) is 10.7. The zero-order valence-corrected chi connectivity index (χ0v) is 18.4. The summed E-state index contributed by atoms with van der Waals surface area (Å²) in [6, 6.07) is 0. The SMILES string of the molecule is CN(C)C(=O)CN=C(NCC1CCCCO1)NCC1CCCOC1C(C)(C)C. The predicted octanol–water partition coefficient (Wildman–Crippen LogP) is 2.02. The standard InChI is InChI=1S/C21H40N4O3/c1-21(2,3)19-16(9-8-12-28-19)13-22-20(24-15-18(26)25(4)5)23-14-17-10-6-7-11-27-17/h16-17,19H,6-15H2,1-5H3,(H2,22,23,24). The number of hydrogen-bond donors (Lipinski definition) is 2. The number of nitrogens with zero attached hydrogens (tertiary/aromatic N) is 2. The second kappa shape index (κ2) is 11.0. The molecular formula is C21H40N4O3. The molecular weight excluding hydrogens is 356 g/mol. The highest BCUT2D eigenvalue weighted by Crippen LogP contribution is 2.33. The van der Waals surface area contributed by atoms with Crippen molar-refractivity contribution in [2.75, 3.05) is 46.9 Å². The summed E-state index contributed by atoms with van der Waals surface area (Å²) >= 11 is 0. The van der Waals surface area contributed by atoms with Crippen molar-refractivity contribution < 1.29 is 14.3 Å². The van der Waals surface area contributed by atoms with Crippen LogP contribution in [0.1, 0.15) is 52.9 Å². The third kappa shape index (κ3) is 7.59. The molecule has 0 radical (unpaired) electrons. The molecule has 7 heteroatoms. The summed E-state index contributed by atoms with van der Waals surface area (Å²) in [5, 5.41) is 6.84. The molecule has 0 aromatic heterocycles. The summed E-state index contributed by atoms with van der Waals surface area (Å²) in [6.07, 6.45) is 6.09. The third-order valence-electron chi connectivity index (χ3n) is 5.47. The molecule has 0 saturated carbocycles. The zero-order chi connectivity index (χ0) is 20.6. The second-order valence-electron chi connectivity index (χ2n) is 9.26. The van der Waals surface area contributed by atoms with Crippen molar-refractivity contribution in [3.8, 4) is 0 Å². The van der Waals surface area contributed by atoms with Crippen LogP contribution in [0.2, 0.25) is 0 Å². The van der Waals surface area contributed by atoms with Gasteiger partial charge < -0.3 is 25.0 Å². The Balaban J connectivity index is 1.94. The van der Waals surface area contributed by atoms with Crippen molar-refractivity contribution in [3.63, 3.8) is 0 Å². The Morgan fingerprint density at radius 1 is 1.04 bits per heavy atom. The number of carbonyl (C=O) groups is 1. The third-order valence-corrected chi connectivity index (χ3v) is 5.47. The molecule has 28 heavy (non-hydrogen) atoms. The van der Waals surface area contributed by atoms with Gasteiger partial charge in [0.25, 0.3) is 0 Å². The molecule has 2 aliphatic heterocycles. The van der Waals surface area contributed by atoms with Gasteiger partial charge in [0, 0.05) is 46.3 Å². The summed E-state index contributed by atoms with van der Waals surface area (Å²) in [4.78, 5) is 18.0. The Labute approximate surface area is 170 Å². The van der Waals surface area contributed by atoms with Gasteiger partial charge in [0.2, 0.25) is 5.91 Å². The van der Waals surface area contributed by atoms with E-state index in [2.05, 4.69) is 36.4 Å². The summed E-state index contributed by atoms with van der Waals surface area (Å²) in [5.41, 5.74) is 0.105. The van der Waals surface area contributed by atoms with Gasteiger partial charge in [-0.05, 0) is 37.5 Å². The average molecular weight is 397 g/mol. The minimum Gasteiger partial charge on any atom is -0.377 e. The second-order valence-corrected chi connectivity index (χ2v) is 9.26. The molecule has 2 N–H and O–H groups in total. The van der Waals surface area contributed by atoms with E-state index >= 15 is 0 Å². The molecule has 1 amide bonds. The number of guanidine groups is 1. The van der Waals surface area contributed by atoms with Crippen LogP contribution in [0.15, 0.2) is 4.99 Å². The fourth-order valence-corrected chi connectivity index (χ4v) is 3.88. The number of aliphatic imine (C=N–C) groups is 1. The lowest BCUT2D eigenvalue weighted by atomic mass is 9.78. The topological polar surface area (TPSA) is 75.2 Å². The molecule has 3 unspecified atom stereocenters. The smallest absolute Gasteiger partial charge is 0.243 e. The number of rotatable bonds is 6. The van der Waals surface area contributed by atoms with E-state index < -0.39 is 0 Å². The minimum atomic E-state index is -0.0106. The molecule has 0 bridgehead atoms. The molecule has 0 aromatic carbocycles. The first-order valence-corrected chi connectivity index (χ1v) is 10.7. The van der Waals surface area contributed by atoms with Gasteiger partial charge >= 0.3 is 0 Å². The van der Waals surface area contributed by atoms with Crippen LogP contribution in [0.4, 0.5) is 0 Å². The van der Waals surface area contributed by atoms with Gasteiger partial charge in [-0.1, -0.05) is 20.8 Å². The quantitative estimate of drug-likeness (QED) is 0.531. The van der Waals surface area contributed by atoms with Gasteiger partial charge in [0.15, 0.2) is 5.96 Å². The van der Waals surface area contributed by atoms with Crippen LogP contribution in [0.3, 0.4) is 0 Å². The van der Waals surface area contributed by atoms with Crippen LogP contribution in [-0.2, 0) is 14.3 Å². The number of likely N-dealkylation sites (N-methyl/N-ethyl adjacent to an activating group) is 1. The molecule has 3 atom stereocenters. The number of nitrogens with one attached hydrogen (secondary N) is 2. The van der Waals surface area contributed by atoms with E-state index in [-0.39, 0.29) is 30.1 Å². The molecule has 2 rings (SSSR count). The van der Waals surface area contributed by atoms with Crippen molar-refractivity contribution >= 4 is 11.9 Å². The van der Waals surface area contributed by atoms with E-state index in [1.807, 2.05) is 0 Å². The molecule has 2 saturated heterocycles. The normalized spacial score (nSPS) is 26.6. The summed E-state index contributed by atoms with van der Waals surface area (Å²) in [7, 11) is 3.50. The van der Waals surface area contributed by atoms with Crippen molar-refractivity contribution in [2.45, 2.75) is 65.1 Å². The maximum atomic E-state index is 12.0. The summed E-state index contributed by atoms with van der Waals surface area (Å²) in [5.74, 6) is 1.10. The fourth-order valence-electron chi connectivity index (χ4n) is 3.88. The maximum Gasteiger partial charge on any atom is 0.243 e. The Hall–Kier alpha value is -1.34. The van der Waals surface area contributed by atoms with E-state index in [9.17, 15) is 4.79 Å². The molecule has 2 aliphatic rings. The van der Waals surface area contributed by atoms with Crippen molar-refractivity contribution in [1.82, 2.24) is 15.5 Å². The molecule has 0 aliphatic carbocycles. The lowest BCUT2D eigenvalue weighted by molar-refractivity contribution is -0.127. The highest BCUT2D eigenvalue weighted by Gasteiger charge is 2.35. The zero-order valence-electron chi connectivity index (χ0n) is 18.4. The predicted molar refractivity (Wildman–Crippen MR) is 113 cm³/mol. The largest absolute Gasteiger partial charge is 0.377 e. The number of hydrogen-bond acceptors (Lipinski definition) is 4. The van der Waals surface area contributed by atoms with E-state index in [0.29, 0.717) is 18.4 Å². The monoisotopic (exact) mass is 396 g/mol. The lowest BCUT2D eigenvalue weighted by Crippen LogP contribution is -2.49. The van der Waals surface area contributed by atoms with Crippen LogP contribution in [0.25, 0.3) is 0 Å². The molecule has 162 valence electrons. The van der Waals surface area contributed by atoms with Gasteiger partial charge in [-0.25, -0.2) is 4.99 Å². The Kier molecular flexibility index (Phi) is 9.02.